The van der Waals surface area contributed by atoms with Crippen molar-refractivity contribution in [2.24, 2.45) is 4.40 Å². The number of benzene rings is 1. The molecule has 0 aliphatic heterocycles. The molecule has 0 fully saturated rings. The van der Waals surface area contributed by atoms with Crippen LogP contribution in [-0.2, 0) is 14.8 Å². The molecule has 0 amide bonds. The van der Waals surface area contributed by atoms with Crippen LogP contribution >= 0.6 is 11.6 Å². The molecule has 98 valence electrons. The highest BCUT2D eigenvalue weighted by Crippen LogP contribution is 2.37. The minimum absolute atomic E-state index is 0.644. The van der Waals surface area contributed by atoms with Gasteiger partial charge in [-0.3, -0.25) is 0 Å². The average molecular weight is 302 g/mol. The van der Waals surface area contributed by atoms with Gasteiger partial charge in [0, 0.05) is 0 Å². The molecule has 0 heterocycles. The molecule has 0 aromatic heterocycles. The van der Waals surface area contributed by atoms with Gasteiger partial charge in [-0.2, -0.15) is 12.8 Å². The molecular weight excluding hydrogens is 299 g/mol. The normalized spacial score (nSPS) is 10.9. The molecule has 0 bridgehead atoms. The van der Waals surface area contributed by atoms with Crippen molar-refractivity contribution in [1.82, 2.24) is 0 Å². The van der Waals surface area contributed by atoms with Crippen molar-refractivity contribution < 1.29 is 31.1 Å². The number of ether oxygens (including phenoxy) is 1. The van der Waals surface area contributed by atoms with Gasteiger partial charge in [0.2, 0.25) is 5.82 Å². The Morgan fingerprint density at radius 3 is 2.22 bits per heavy atom. The lowest BCUT2D eigenvalue weighted by Gasteiger charge is -2.10. The lowest BCUT2D eigenvalue weighted by atomic mass is 10.3. The molecule has 1 aromatic carbocycles. The number of carbonyl (C=O) groups excluding carboxylic acids is 1. The average Bonchev–Trinajstić information content (AvgIpc) is 2.30. The Hall–Kier alpha value is -1.57. The number of halogens is 4. The first-order chi connectivity index (χ1) is 8.27. The summed E-state index contributed by atoms with van der Waals surface area (Å²) in [6.45, 7) is 0. The van der Waals surface area contributed by atoms with Crippen molar-refractivity contribution in [1.29, 1.82) is 0 Å². The lowest BCUT2D eigenvalue weighted by molar-refractivity contribution is 0.351. The molecule has 0 aliphatic rings. The summed E-state index contributed by atoms with van der Waals surface area (Å²) in [6.07, 6.45) is 0.644. The molecule has 0 saturated heterocycles. The predicted octanol–water partition coefficient (Wildman–Crippen LogP) is 1.79. The number of methoxy groups -OCH3 is 1. The molecule has 0 unspecified atom stereocenters. The molecule has 0 N–H and O–H groups in total. The summed E-state index contributed by atoms with van der Waals surface area (Å²) in [5.74, 6) is -6.72. The Morgan fingerprint density at radius 2 is 1.78 bits per heavy atom. The Morgan fingerprint density at radius 1 is 1.22 bits per heavy atom. The van der Waals surface area contributed by atoms with Gasteiger partial charge in [-0.1, -0.05) is 16.0 Å². The molecule has 1 aromatic rings. The third-order valence-corrected chi connectivity index (χ3v) is 3.33. The summed E-state index contributed by atoms with van der Waals surface area (Å²) in [6, 6.07) is 0. The van der Waals surface area contributed by atoms with E-state index in [0.29, 0.717) is 6.08 Å². The van der Waals surface area contributed by atoms with Crippen LogP contribution in [0.1, 0.15) is 0 Å². The summed E-state index contributed by atoms with van der Waals surface area (Å²) < 4.78 is 69.2. The minimum Gasteiger partial charge on any atom is -0.492 e. The summed E-state index contributed by atoms with van der Waals surface area (Å²) in [5.41, 5.74) is 0. The van der Waals surface area contributed by atoms with Gasteiger partial charge >= 0.3 is 0 Å². The van der Waals surface area contributed by atoms with Gasteiger partial charge in [0.05, 0.1) is 7.11 Å². The van der Waals surface area contributed by atoms with Crippen LogP contribution in [0.3, 0.4) is 0 Å². The maximum atomic E-state index is 13.5. The van der Waals surface area contributed by atoms with Crippen LogP contribution < -0.4 is 4.74 Å². The number of hydrogen-bond donors (Lipinski definition) is 0. The number of sulfonamides is 1. The summed E-state index contributed by atoms with van der Waals surface area (Å²) >= 11 is 5.07. The summed E-state index contributed by atoms with van der Waals surface area (Å²) in [5, 5.41) is -1.40. The van der Waals surface area contributed by atoms with E-state index in [1.807, 2.05) is 0 Å². The zero-order valence-corrected chi connectivity index (χ0v) is 10.1. The highest BCUT2D eigenvalue weighted by Gasteiger charge is 2.33. The van der Waals surface area contributed by atoms with E-state index >= 15 is 0 Å². The quantitative estimate of drug-likeness (QED) is 0.369. The molecule has 0 aliphatic carbocycles. The van der Waals surface area contributed by atoms with Crippen LogP contribution in [0.2, 0.25) is 5.02 Å². The maximum Gasteiger partial charge on any atom is 0.299 e. The Labute approximate surface area is 104 Å². The van der Waals surface area contributed by atoms with Crippen LogP contribution in [0, 0.1) is 17.5 Å². The van der Waals surface area contributed by atoms with Crippen LogP contribution in [-0.4, -0.2) is 21.6 Å². The van der Waals surface area contributed by atoms with Crippen LogP contribution in [0.4, 0.5) is 13.2 Å². The molecule has 5 nitrogen and oxygen atoms in total. The van der Waals surface area contributed by atoms with Gasteiger partial charge in [-0.05, 0) is 0 Å². The van der Waals surface area contributed by atoms with Crippen molar-refractivity contribution in [2.45, 2.75) is 4.90 Å². The number of nitrogens with zero attached hydrogens (tertiary/aromatic N) is 1. The van der Waals surface area contributed by atoms with E-state index in [1.165, 1.54) is 0 Å². The molecular formula is C8H3ClF3NO4S. The maximum absolute atomic E-state index is 13.5. The van der Waals surface area contributed by atoms with E-state index in [1.54, 1.807) is 0 Å². The Bertz CT molecular complexity index is 655. The van der Waals surface area contributed by atoms with Crippen LogP contribution in [0.5, 0.6) is 5.75 Å². The predicted molar refractivity (Wildman–Crippen MR) is 53.2 cm³/mol. The van der Waals surface area contributed by atoms with Gasteiger partial charge < -0.3 is 4.74 Å². The third-order valence-electron chi connectivity index (χ3n) is 1.80. The fraction of sp³-hybridized carbons (Fsp3) is 0.125. The van der Waals surface area contributed by atoms with Crippen molar-refractivity contribution in [3.63, 3.8) is 0 Å². The monoisotopic (exact) mass is 301 g/mol. The Balaban J connectivity index is 3.90. The van der Waals surface area contributed by atoms with E-state index < -0.39 is 43.1 Å². The second-order valence-electron chi connectivity index (χ2n) is 2.78. The first-order valence-corrected chi connectivity index (χ1v) is 5.83. The van der Waals surface area contributed by atoms with E-state index in [9.17, 15) is 26.4 Å². The first kappa shape index (κ1) is 14.5. The smallest absolute Gasteiger partial charge is 0.299 e. The molecule has 0 spiro atoms. The third kappa shape index (κ3) is 2.20. The van der Waals surface area contributed by atoms with Crippen molar-refractivity contribution in [3.05, 3.63) is 22.5 Å². The largest absolute Gasteiger partial charge is 0.492 e. The molecule has 0 saturated carbocycles. The van der Waals surface area contributed by atoms with Gasteiger partial charge in [0.15, 0.2) is 22.3 Å². The highest BCUT2D eigenvalue weighted by atomic mass is 35.5. The van der Waals surface area contributed by atoms with Crippen LogP contribution in [0.25, 0.3) is 0 Å². The van der Waals surface area contributed by atoms with E-state index in [-0.39, 0.29) is 0 Å². The summed E-state index contributed by atoms with van der Waals surface area (Å²) in [7, 11) is -4.16. The van der Waals surface area contributed by atoms with Crippen molar-refractivity contribution >= 4 is 27.7 Å². The summed E-state index contributed by atoms with van der Waals surface area (Å²) in [4.78, 5) is 8.43. The van der Waals surface area contributed by atoms with E-state index in [0.717, 1.165) is 7.11 Å². The molecule has 18 heavy (non-hydrogen) atoms. The number of rotatable bonds is 3. The zero-order chi connectivity index (χ0) is 14.1. The lowest BCUT2D eigenvalue weighted by Crippen LogP contribution is -2.08. The fourth-order valence-corrected chi connectivity index (χ4v) is 2.26. The Kier molecular flexibility index (Phi) is 4.00. The van der Waals surface area contributed by atoms with Gasteiger partial charge in [-0.15, -0.1) is 0 Å². The second kappa shape index (κ2) is 4.97. The van der Waals surface area contributed by atoms with Crippen LogP contribution in [0.15, 0.2) is 9.29 Å². The second-order valence-corrected chi connectivity index (χ2v) is 4.69. The van der Waals surface area contributed by atoms with Crippen molar-refractivity contribution in [3.8, 4) is 5.75 Å². The first-order valence-electron chi connectivity index (χ1n) is 4.02. The minimum atomic E-state index is -4.94. The molecule has 10 heteroatoms. The van der Waals surface area contributed by atoms with Crippen molar-refractivity contribution in [2.75, 3.05) is 7.11 Å². The zero-order valence-electron chi connectivity index (χ0n) is 8.50. The SMILES string of the molecule is COc1c(F)c(F)c(Cl)c(F)c1S(=O)(=O)N=C=O. The van der Waals surface area contributed by atoms with E-state index in [4.69, 9.17) is 11.6 Å². The van der Waals surface area contributed by atoms with Gasteiger partial charge in [0.1, 0.15) is 5.02 Å². The van der Waals surface area contributed by atoms with Gasteiger partial charge in [-0.25, -0.2) is 13.6 Å². The number of isocyanates is 1. The number of hydrogen-bond acceptors (Lipinski definition) is 4. The topological polar surface area (TPSA) is 72.8 Å². The molecule has 0 radical (unpaired) electrons. The highest BCUT2D eigenvalue weighted by molar-refractivity contribution is 7.90. The standard InChI is InChI=1S/C8H3ClF3NO4S/c1-17-7-6(12)4(10)3(9)5(11)8(7)18(15,16)13-2-14/h1H3. The fourth-order valence-electron chi connectivity index (χ4n) is 1.10. The molecule has 1 rings (SSSR count). The molecule has 0 atom stereocenters. The van der Waals surface area contributed by atoms with Gasteiger partial charge in [0.25, 0.3) is 16.1 Å². The van der Waals surface area contributed by atoms with E-state index in [2.05, 4.69) is 9.13 Å².